The van der Waals surface area contributed by atoms with Crippen molar-refractivity contribution < 1.29 is 29.6 Å². The molecule has 0 radical (unpaired) electrons. The summed E-state index contributed by atoms with van der Waals surface area (Å²) < 4.78 is 4.81. The third-order valence-corrected chi connectivity index (χ3v) is 2.83. The van der Waals surface area contributed by atoms with Crippen LogP contribution in [0.25, 0.3) is 0 Å². The molecule has 20 heavy (non-hydrogen) atoms. The Bertz CT molecular complexity index is 483. The molecule has 0 spiro atoms. The van der Waals surface area contributed by atoms with Gasteiger partial charge >= 0.3 is 11.9 Å². The summed E-state index contributed by atoms with van der Waals surface area (Å²) in [4.78, 5) is 22.0. The number of carboxylic acid groups (broad SMARTS) is 1. The first-order valence-electron chi connectivity index (χ1n) is 6.28. The number of ether oxygens (including phenoxy) is 1. The zero-order valence-corrected chi connectivity index (χ0v) is 11.2. The Morgan fingerprint density at radius 3 is 2.60 bits per heavy atom. The summed E-state index contributed by atoms with van der Waals surface area (Å²) in [5, 5.41) is 27.5. The summed E-state index contributed by atoms with van der Waals surface area (Å²) in [6.07, 6.45) is -1.04. The minimum Gasteiger partial charge on any atom is -0.479 e. The number of esters is 1. The Morgan fingerprint density at radius 1 is 1.35 bits per heavy atom. The zero-order valence-electron chi connectivity index (χ0n) is 11.2. The van der Waals surface area contributed by atoms with Crippen molar-refractivity contribution in [3.8, 4) is 0 Å². The molecule has 110 valence electrons. The second-order valence-electron chi connectivity index (χ2n) is 4.24. The van der Waals surface area contributed by atoms with Gasteiger partial charge in [-0.2, -0.15) is 0 Å². The number of aryl methyl sites for hydroxylation is 1. The number of hydrogen-bond acceptors (Lipinski definition) is 5. The molecule has 0 amide bonds. The predicted molar refractivity (Wildman–Crippen MR) is 69.9 cm³/mol. The summed E-state index contributed by atoms with van der Waals surface area (Å²) in [5.74, 6) is -1.69. The molecule has 0 aliphatic heterocycles. The molecule has 0 fully saturated rings. The van der Waals surface area contributed by atoms with Gasteiger partial charge in [0.15, 0.2) is 6.10 Å². The highest BCUT2D eigenvalue weighted by molar-refractivity contribution is 5.74. The number of aliphatic hydroxyl groups is 2. The molecule has 0 saturated heterocycles. The molecule has 1 unspecified atom stereocenters. The molecule has 0 bridgehead atoms. The standard InChI is InChI=1S/C14H18O6/c1-2-20-12(16)6-4-9-3-5-11(10(7-9)8-15)13(17)14(18)19/h3,5,7,13,15,17H,2,4,6,8H2,1H3,(H,18,19). The minimum atomic E-state index is -1.67. The summed E-state index contributed by atoms with van der Waals surface area (Å²) in [6.45, 7) is 1.67. The summed E-state index contributed by atoms with van der Waals surface area (Å²) in [6, 6.07) is 4.66. The Kier molecular flexibility index (Phi) is 6.14. The second kappa shape index (κ2) is 7.62. The summed E-state index contributed by atoms with van der Waals surface area (Å²) >= 11 is 0. The highest BCUT2D eigenvalue weighted by Crippen LogP contribution is 2.21. The summed E-state index contributed by atoms with van der Waals surface area (Å²) in [7, 11) is 0. The molecule has 0 heterocycles. The maximum absolute atomic E-state index is 11.2. The van der Waals surface area contributed by atoms with Crippen molar-refractivity contribution in [2.75, 3.05) is 6.61 Å². The van der Waals surface area contributed by atoms with E-state index in [1.165, 1.54) is 6.07 Å². The quantitative estimate of drug-likeness (QED) is 0.639. The van der Waals surface area contributed by atoms with Crippen molar-refractivity contribution in [3.05, 3.63) is 34.9 Å². The van der Waals surface area contributed by atoms with Crippen LogP contribution in [-0.2, 0) is 27.4 Å². The molecule has 0 saturated carbocycles. The lowest BCUT2D eigenvalue weighted by Crippen LogP contribution is -2.13. The Balaban J connectivity index is 2.82. The third-order valence-electron chi connectivity index (χ3n) is 2.83. The van der Waals surface area contributed by atoms with Crippen molar-refractivity contribution >= 4 is 11.9 Å². The number of carbonyl (C=O) groups excluding carboxylic acids is 1. The predicted octanol–water partition coefficient (Wildman–Crippen LogP) is 0.793. The van der Waals surface area contributed by atoms with Gasteiger partial charge in [-0.05, 0) is 30.0 Å². The van der Waals surface area contributed by atoms with Crippen LogP contribution in [0.5, 0.6) is 0 Å². The van der Waals surface area contributed by atoms with E-state index in [1.54, 1.807) is 19.1 Å². The molecule has 0 aliphatic rings. The fourth-order valence-corrected chi connectivity index (χ4v) is 1.83. The molecule has 1 atom stereocenters. The van der Waals surface area contributed by atoms with Gasteiger partial charge in [-0.25, -0.2) is 4.79 Å². The van der Waals surface area contributed by atoms with Gasteiger partial charge in [0.25, 0.3) is 0 Å². The number of carbonyl (C=O) groups is 2. The van der Waals surface area contributed by atoms with Crippen LogP contribution >= 0.6 is 0 Å². The van der Waals surface area contributed by atoms with Crippen molar-refractivity contribution in [1.29, 1.82) is 0 Å². The van der Waals surface area contributed by atoms with E-state index >= 15 is 0 Å². The highest BCUT2D eigenvalue weighted by Gasteiger charge is 2.19. The van der Waals surface area contributed by atoms with Gasteiger partial charge in [0.1, 0.15) is 0 Å². The monoisotopic (exact) mass is 282 g/mol. The maximum Gasteiger partial charge on any atom is 0.337 e. The normalized spacial score (nSPS) is 11.9. The fraction of sp³-hybridized carbons (Fsp3) is 0.429. The van der Waals surface area contributed by atoms with Crippen LogP contribution in [0.15, 0.2) is 18.2 Å². The SMILES string of the molecule is CCOC(=O)CCc1ccc(C(O)C(=O)O)c(CO)c1. The summed E-state index contributed by atoms with van der Waals surface area (Å²) in [5.41, 5.74) is 1.25. The third kappa shape index (κ3) is 4.32. The van der Waals surface area contributed by atoms with Gasteiger partial charge in [0.05, 0.1) is 13.2 Å². The van der Waals surface area contributed by atoms with Gasteiger partial charge < -0.3 is 20.1 Å². The lowest BCUT2D eigenvalue weighted by atomic mass is 9.98. The Hall–Kier alpha value is -1.92. The lowest BCUT2D eigenvalue weighted by molar-refractivity contribution is -0.147. The molecule has 1 aromatic rings. The van der Waals surface area contributed by atoms with Gasteiger partial charge in [-0.1, -0.05) is 18.2 Å². The van der Waals surface area contributed by atoms with Crippen LogP contribution in [0.3, 0.4) is 0 Å². The van der Waals surface area contributed by atoms with Crippen molar-refractivity contribution in [3.63, 3.8) is 0 Å². The highest BCUT2D eigenvalue weighted by atomic mass is 16.5. The largest absolute Gasteiger partial charge is 0.479 e. The van der Waals surface area contributed by atoms with Gasteiger partial charge in [-0.3, -0.25) is 4.79 Å². The first-order chi connectivity index (χ1) is 9.49. The molecule has 0 aliphatic carbocycles. The van der Waals surface area contributed by atoms with E-state index in [1.807, 2.05) is 0 Å². The van der Waals surface area contributed by atoms with Crippen molar-refractivity contribution in [2.45, 2.75) is 32.5 Å². The lowest BCUT2D eigenvalue weighted by Gasteiger charge is -2.12. The first kappa shape index (κ1) is 16.1. The van der Waals surface area contributed by atoms with E-state index in [4.69, 9.17) is 9.84 Å². The molecule has 6 nitrogen and oxygen atoms in total. The van der Waals surface area contributed by atoms with E-state index in [9.17, 15) is 19.8 Å². The fourth-order valence-electron chi connectivity index (χ4n) is 1.83. The van der Waals surface area contributed by atoms with Crippen LogP contribution in [0.1, 0.15) is 36.1 Å². The number of carboxylic acids is 1. The molecule has 1 rings (SSSR count). The average Bonchev–Trinajstić information content (AvgIpc) is 2.44. The second-order valence-corrected chi connectivity index (χ2v) is 4.24. The van der Waals surface area contributed by atoms with Gasteiger partial charge in [0.2, 0.25) is 0 Å². The topological polar surface area (TPSA) is 104 Å². The molecular formula is C14H18O6. The number of benzene rings is 1. The number of aliphatic carboxylic acids is 1. The Morgan fingerprint density at radius 2 is 2.05 bits per heavy atom. The van der Waals surface area contributed by atoms with Crippen molar-refractivity contribution in [1.82, 2.24) is 0 Å². The molecular weight excluding hydrogens is 264 g/mol. The number of rotatable bonds is 7. The van der Waals surface area contributed by atoms with E-state index in [-0.39, 0.29) is 24.6 Å². The van der Waals surface area contributed by atoms with Gasteiger partial charge in [-0.15, -0.1) is 0 Å². The number of hydrogen-bond donors (Lipinski definition) is 3. The molecule has 1 aromatic carbocycles. The van der Waals surface area contributed by atoms with E-state index < -0.39 is 12.1 Å². The molecule has 6 heteroatoms. The smallest absolute Gasteiger partial charge is 0.337 e. The van der Waals surface area contributed by atoms with E-state index in [0.717, 1.165) is 5.56 Å². The first-order valence-corrected chi connectivity index (χ1v) is 6.28. The Labute approximate surface area is 116 Å². The zero-order chi connectivity index (χ0) is 15.1. The maximum atomic E-state index is 11.2. The van der Waals surface area contributed by atoms with Crippen LogP contribution in [0.4, 0.5) is 0 Å². The minimum absolute atomic E-state index is 0.153. The van der Waals surface area contributed by atoms with Crippen LogP contribution < -0.4 is 0 Å². The van der Waals surface area contributed by atoms with E-state index in [0.29, 0.717) is 18.6 Å². The average molecular weight is 282 g/mol. The van der Waals surface area contributed by atoms with Gasteiger partial charge in [0, 0.05) is 6.42 Å². The molecule has 3 N–H and O–H groups in total. The van der Waals surface area contributed by atoms with Crippen LogP contribution in [0, 0.1) is 0 Å². The van der Waals surface area contributed by atoms with Crippen LogP contribution in [0.2, 0.25) is 0 Å². The number of aliphatic hydroxyl groups excluding tert-OH is 2. The molecule has 0 aromatic heterocycles. The van der Waals surface area contributed by atoms with E-state index in [2.05, 4.69) is 0 Å². The van der Waals surface area contributed by atoms with Crippen LogP contribution in [-0.4, -0.2) is 33.9 Å². The van der Waals surface area contributed by atoms with Crippen molar-refractivity contribution in [2.24, 2.45) is 0 Å².